The van der Waals surface area contributed by atoms with Gasteiger partial charge in [-0.15, -0.1) is 0 Å². The Hall–Kier alpha value is -3.69. The van der Waals surface area contributed by atoms with E-state index in [1.807, 2.05) is 35.2 Å². The first-order chi connectivity index (χ1) is 17.9. The first-order valence-corrected chi connectivity index (χ1v) is 13.0. The smallest absolute Gasteiger partial charge is 0.318 e. The van der Waals surface area contributed by atoms with Crippen LogP contribution in [-0.4, -0.2) is 76.8 Å². The number of aromatic nitrogens is 2. The second kappa shape index (κ2) is 9.64. The van der Waals surface area contributed by atoms with Crippen LogP contribution in [0.15, 0.2) is 48.5 Å². The average molecular weight is 500 g/mol. The van der Waals surface area contributed by atoms with Gasteiger partial charge in [-0.2, -0.15) is 4.98 Å². The molecular weight excluding hydrogens is 466 g/mol. The predicted octanol–water partition coefficient (Wildman–Crippen LogP) is 2.20. The molecule has 1 saturated heterocycles. The zero-order valence-electron chi connectivity index (χ0n) is 21.1. The van der Waals surface area contributed by atoms with Gasteiger partial charge in [-0.05, 0) is 41.8 Å². The molecule has 9 nitrogen and oxygen atoms in total. The van der Waals surface area contributed by atoms with Crippen molar-refractivity contribution in [3.8, 4) is 11.3 Å². The number of hydrogen-bond donors (Lipinski definition) is 3. The fourth-order valence-electron chi connectivity index (χ4n) is 5.66. The highest BCUT2D eigenvalue weighted by Crippen LogP contribution is 2.32. The van der Waals surface area contributed by atoms with E-state index in [1.54, 1.807) is 0 Å². The largest absolute Gasteiger partial charge is 0.390 e. The summed E-state index contributed by atoms with van der Waals surface area (Å²) in [5.41, 5.74) is 12.3. The van der Waals surface area contributed by atoms with E-state index in [4.69, 9.17) is 5.73 Å². The molecule has 2 aromatic carbocycles. The van der Waals surface area contributed by atoms with Crippen molar-refractivity contribution in [2.45, 2.75) is 31.5 Å². The van der Waals surface area contributed by atoms with Gasteiger partial charge in [0.25, 0.3) is 0 Å². The van der Waals surface area contributed by atoms with Crippen molar-refractivity contribution in [3.63, 3.8) is 0 Å². The van der Waals surface area contributed by atoms with Gasteiger partial charge in [0.1, 0.15) is 5.82 Å². The van der Waals surface area contributed by atoms with Gasteiger partial charge in [0.15, 0.2) is 0 Å². The van der Waals surface area contributed by atoms with Crippen molar-refractivity contribution in [3.05, 3.63) is 70.8 Å². The van der Waals surface area contributed by atoms with Crippen molar-refractivity contribution in [1.82, 2.24) is 25.1 Å². The topological polar surface area (TPSA) is 111 Å². The predicted molar refractivity (Wildman–Crippen MR) is 143 cm³/mol. The van der Waals surface area contributed by atoms with Crippen molar-refractivity contribution < 1.29 is 9.90 Å². The highest BCUT2D eigenvalue weighted by Gasteiger charge is 2.33. The van der Waals surface area contributed by atoms with Crippen LogP contribution in [0.4, 0.5) is 16.6 Å². The summed E-state index contributed by atoms with van der Waals surface area (Å²) in [6, 6.07) is 15.7. The van der Waals surface area contributed by atoms with Crippen LogP contribution in [0.1, 0.15) is 28.3 Å². The highest BCUT2D eigenvalue weighted by atomic mass is 16.3. The van der Waals surface area contributed by atoms with Crippen molar-refractivity contribution in [2.75, 3.05) is 50.4 Å². The molecule has 6 rings (SSSR count). The molecule has 3 aromatic rings. The summed E-state index contributed by atoms with van der Waals surface area (Å²) in [7, 11) is 2.13. The Balaban J connectivity index is 1.20. The molecule has 37 heavy (non-hydrogen) atoms. The summed E-state index contributed by atoms with van der Waals surface area (Å²) in [6.07, 6.45) is 0.735. The van der Waals surface area contributed by atoms with E-state index in [0.29, 0.717) is 19.5 Å². The molecule has 0 spiro atoms. The van der Waals surface area contributed by atoms with Crippen molar-refractivity contribution in [1.29, 1.82) is 0 Å². The van der Waals surface area contributed by atoms with Crippen molar-refractivity contribution >= 4 is 17.8 Å². The van der Waals surface area contributed by atoms with Gasteiger partial charge >= 0.3 is 6.03 Å². The third-order valence-corrected chi connectivity index (χ3v) is 7.84. The molecule has 0 bridgehead atoms. The number of aliphatic hydroxyl groups is 1. The van der Waals surface area contributed by atoms with Gasteiger partial charge in [0.2, 0.25) is 5.95 Å². The SMILES string of the molecule is CN1CCN(c2cc(-c3ccc4c(c3)CN(C(=O)N[C@@H]3c5ccccc5C[C@@H]3O)CC4)nc(N)n2)CC1. The van der Waals surface area contributed by atoms with Crippen LogP contribution in [0.25, 0.3) is 11.3 Å². The molecule has 0 radical (unpaired) electrons. The van der Waals surface area contributed by atoms with Crippen LogP contribution in [0, 0.1) is 0 Å². The number of fused-ring (bicyclic) bond motifs is 2. The lowest BCUT2D eigenvalue weighted by Crippen LogP contribution is -2.45. The number of carbonyl (C=O) groups excluding carboxylic acids is 1. The maximum atomic E-state index is 13.2. The monoisotopic (exact) mass is 499 g/mol. The summed E-state index contributed by atoms with van der Waals surface area (Å²) < 4.78 is 0. The summed E-state index contributed by atoms with van der Waals surface area (Å²) in [6.45, 7) is 4.92. The number of rotatable bonds is 3. The first kappa shape index (κ1) is 23.7. The molecule has 2 atom stereocenters. The Morgan fingerprint density at radius 1 is 1.00 bits per heavy atom. The summed E-state index contributed by atoms with van der Waals surface area (Å²) in [4.78, 5) is 28.6. The number of nitrogen functional groups attached to an aromatic ring is 1. The Morgan fingerprint density at radius 3 is 2.65 bits per heavy atom. The van der Waals surface area contributed by atoms with Crippen LogP contribution >= 0.6 is 0 Å². The standard InChI is InChI=1S/C28H33N7O2/c1-33-10-12-34(13-11-33)25-16-23(30-27(29)31-25)20-7-6-18-8-9-35(17-21(18)14-20)28(37)32-26-22-5-3-2-4-19(22)15-24(26)36/h2-7,14,16,24,26,36H,8-13,15,17H2,1H3,(H,32,37)(H2,29,30,31)/t24-,26+/m0/s1. The molecule has 0 unspecified atom stereocenters. The molecule has 2 amide bonds. The first-order valence-electron chi connectivity index (χ1n) is 13.0. The molecule has 3 heterocycles. The van der Waals surface area contributed by atoms with Crippen LogP contribution < -0.4 is 16.0 Å². The summed E-state index contributed by atoms with van der Waals surface area (Å²) >= 11 is 0. The molecule has 0 saturated carbocycles. The lowest BCUT2D eigenvalue weighted by Gasteiger charge is -2.33. The fraction of sp³-hybridized carbons (Fsp3) is 0.393. The number of urea groups is 1. The van der Waals surface area contributed by atoms with Crippen LogP contribution in [0.2, 0.25) is 0 Å². The Bertz CT molecular complexity index is 1320. The number of amides is 2. The van der Waals surface area contributed by atoms with Gasteiger partial charge < -0.3 is 30.9 Å². The second-order valence-corrected chi connectivity index (χ2v) is 10.3. The molecule has 1 aliphatic carbocycles. The number of likely N-dealkylation sites (N-methyl/N-ethyl adjacent to an activating group) is 1. The Labute approximate surface area is 216 Å². The molecule has 9 heteroatoms. The number of carbonyl (C=O) groups is 1. The zero-order valence-corrected chi connectivity index (χ0v) is 21.1. The third kappa shape index (κ3) is 4.72. The number of nitrogens with zero attached hydrogens (tertiary/aromatic N) is 5. The van der Waals surface area contributed by atoms with Crippen molar-refractivity contribution in [2.24, 2.45) is 0 Å². The van der Waals surface area contributed by atoms with E-state index in [0.717, 1.165) is 66.4 Å². The van der Waals surface area contributed by atoms with E-state index in [9.17, 15) is 9.90 Å². The molecule has 2 aliphatic heterocycles. The minimum atomic E-state index is -0.609. The van der Waals surface area contributed by atoms with Crippen LogP contribution in [-0.2, 0) is 19.4 Å². The summed E-state index contributed by atoms with van der Waals surface area (Å²) in [5.74, 6) is 1.12. The maximum absolute atomic E-state index is 13.2. The normalized spacial score (nSPS) is 21.5. The molecule has 1 aromatic heterocycles. The van der Waals surface area contributed by atoms with Crippen LogP contribution in [0.5, 0.6) is 0 Å². The average Bonchev–Trinajstić information content (AvgIpc) is 3.22. The minimum absolute atomic E-state index is 0.152. The number of nitrogens with two attached hydrogens (primary N) is 1. The Morgan fingerprint density at radius 2 is 1.81 bits per heavy atom. The van der Waals surface area contributed by atoms with Gasteiger partial charge in [0, 0.05) is 57.3 Å². The van der Waals surface area contributed by atoms with Gasteiger partial charge in [-0.1, -0.05) is 36.4 Å². The summed E-state index contributed by atoms with van der Waals surface area (Å²) in [5, 5.41) is 13.6. The third-order valence-electron chi connectivity index (χ3n) is 7.84. The Kier molecular flexibility index (Phi) is 6.18. The van der Waals surface area contributed by atoms with Gasteiger partial charge in [-0.25, -0.2) is 9.78 Å². The van der Waals surface area contributed by atoms with E-state index in [1.165, 1.54) is 5.56 Å². The molecule has 1 fully saturated rings. The molecule has 192 valence electrons. The second-order valence-electron chi connectivity index (χ2n) is 10.3. The minimum Gasteiger partial charge on any atom is -0.390 e. The molecule has 3 aliphatic rings. The lowest BCUT2D eigenvalue weighted by atomic mass is 9.96. The molecule has 4 N–H and O–H groups in total. The number of anilines is 2. The maximum Gasteiger partial charge on any atom is 0.318 e. The quantitative estimate of drug-likeness (QED) is 0.507. The van der Waals surface area contributed by atoms with E-state index in [2.05, 4.69) is 50.3 Å². The highest BCUT2D eigenvalue weighted by molar-refractivity contribution is 5.76. The number of piperazine rings is 1. The van der Waals surface area contributed by atoms with E-state index >= 15 is 0 Å². The lowest BCUT2D eigenvalue weighted by molar-refractivity contribution is 0.132. The molecular formula is C28H33N7O2. The number of hydrogen-bond acceptors (Lipinski definition) is 7. The van der Waals surface area contributed by atoms with E-state index < -0.39 is 6.10 Å². The number of aliphatic hydroxyl groups excluding tert-OH is 1. The van der Waals surface area contributed by atoms with Crippen LogP contribution in [0.3, 0.4) is 0 Å². The van der Waals surface area contributed by atoms with Gasteiger partial charge in [0.05, 0.1) is 17.8 Å². The number of nitrogens with one attached hydrogen (secondary N) is 1. The number of benzene rings is 2. The fourth-order valence-corrected chi connectivity index (χ4v) is 5.66. The van der Waals surface area contributed by atoms with E-state index in [-0.39, 0.29) is 18.0 Å². The van der Waals surface area contributed by atoms with Gasteiger partial charge in [-0.3, -0.25) is 0 Å². The zero-order chi connectivity index (χ0) is 25.5.